The highest BCUT2D eigenvalue weighted by molar-refractivity contribution is 6.31. The lowest BCUT2D eigenvalue weighted by molar-refractivity contribution is 0.298. The summed E-state index contributed by atoms with van der Waals surface area (Å²) in [4.78, 5) is 0. The molecule has 2 rings (SSSR count). The number of aliphatic hydroxyl groups excluding tert-OH is 1. The molecule has 5 heteroatoms. The second-order valence-corrected chi connectivity index (χ2v) is 4.50. The molecule has 0 saturated heterocycles. The molecule has 0 spiro atoms. The molecule has 0 aromatic heterocycles. The first-order valence-corrected chi connectivity index (χ1v) is 6.44. The second kappa shape index (κ2) is 7.07. The lowest BCUT2D eigenvalue weighted by Crippen LogP contribution is -2.01. The number of halogens is 3. The maximum absolute atomic E-state index is 13.6. The Labute approximate surface area is 125 Å². The lowest BCUT2D eigenvalue weighted by atomic mass is 10.2. The third-order valence-electron chi connectivity index (χ3n) is 2.68. The summed E-state index contributed by atoms with van der Waals surface area (Å²) in [6.45, 7) is -0.458. The van der Waals surface area contributed by atoms with E-state index in [4.69, 9.17) is 21.4 Å². The maximum atomic E-state index is 13.6. The molecule has 0 bridgehead atoms. The molecule has 0 atom stereocenters. The van der Waals surface area contributed by atoms with E-state index in [-0.39, 0.29) is 35.1 Å². The molecule has 2 nitrogen and oxygen atoms in total. The Morgan fingerprint density at radius 1 is 1.19 bits per heavy atom. The van der Waals surface area contributed by atoms with Crippen molar-refractivity contribution in [2.75, 3.05) is 6.61 Å². The van der Waals surface area contributed by atoms with E-state index < -0.39 is 11.6 Å². The Balaban J connectivity index is 2.24. The van der Waals surface area contributed by atoms with Crippen molar-refractivity contribution < 1.29 is 18.6 Å². The highest BCUT2D eigenvalue weighted by atomic mass is 35.5. The van der Waals surface area contributed by atoms with Crippen LogP contribution >= 0.6 is 11.6 Å². The molecule has 2 aromatic carbocycles. The number of benzene rings is 2. The number of rotatable bonds is 3. The van der Waals surface area contributed by atoms with Crippen molar-refractivity contribution in [1.82, 2.24) is 0 Å². The van der Waals surface area contributed by atoms with Gasteiger partial charge in [0.05, 0.1) is 10.6 Å². The van der Waals surface area contributed by atoms with E-state index >= 15 is 0 Å². The first-order valence-electron chi connectivity index (χ1n) is 6.07. The summed E-state index contributed by atoms with van der Waals surface area (Å²) in [6.07, 6.45) is 0. The van der Waals surface area contributed by atoms with Gasteiger partial charge in [-0.15, -0.1) is 0 Å². The van der Waals surface area contributed by atoms with Crippen LogP contribution in [0.1, 0.15) is 11.1 Å². The number of hydrogen-bond acceptors (Lipinski definition) is 2. The zero-order chi connectivity index (χ0) is 15.2. The fraction of sp³-hybridized carbons (Fsp3) is 0.125. The van der Waals surface area contributed by atoms with Crippen LogP contribution in [0.4, 0.5) is 8.78 Å². The van der Waals surface area contributed by atoms with Gasteiger partial charge in [-0.25, -0.2) is 8.78 Å². The van der Waals surface area contributed by atoms with Crippen molar-refractivity contribution in [3.63, 3.8) is 0 Å². The van der Waals surface area contributed by atoms with E-state index in [1.54, 1.807) is 6.07 Å². The van der Waals surface area contributed by atoms with Crippen LogP contribution in [-0.2, 0) is 6.61 Å². The predicted octanol–water partition coefficient (Wildman–Crippen LogP) is 3.54. The first-order chi connectivity index (χ1) is 10.1. The summed E-state index contributed by atoms with van der Waals surface area (Å²) in [6, 6.07) is 8.12. The molecule has 0 fully saturated rings. The largest absolute Gasteiger partial charge is 0.487 e. The summed E-state index contributed by atoms with van der Waals surface area (Å²) in [7, 11) is 0. The van der Waals surface area contributed by atoms with E-state index in [9.17, 15) is 8.78 Å². The smallest absolute Gasteiger partial charge is 0.135 e. The lowest BCUT2D eigenvalue weighted by Gasteiger charge is -2.10. The van der Waals surface area contributed by atoms with Gasteiger partial charge in [0.1, 0.15) is 30.6 Å². The molecular formula is C16H11ClF2O2. The molecule has 2 aromatic rings. The summed E-state index contributed by atoms with van der Waals surface area (Å²) in [5, 5.41) is 8.94. The van der Waals surface area contributed by atoms with Crippen LogP contribution in [0.2, 0.25) is 5.02 Å². The molecule has 0 heterocycles. The van der Waals surface area contributed by atoms with Gasteiger partial charge in [-0.05, 0) is 30.3 Å². The minimum Gasteiger partial charge on any atom is -0.487 e. The Hall–Kier alpha value is -2.09. The number of ether oxygens (including phenoxy) is 1. The van der Waals surface area contributed by atoms with Crippen LogP contribution in [0, 0.1) is 23.5 Å². The van der Waals surface area contributed by atoms with Gasteiger partial charge < -0.3 is 9.84 Å². The Morgan fingerprint density at radius 2 is 2.00 bits per heavy atom. The Kier molecular flexibility index (Phi) is 5.15. The zero-order valence-electron chi connectivity index (χ0n) is 10.9. The first kappa shape index (κ1) is 15.3. The van der Waals surface area contributed by atoms with Gasteiger partial charge in [0.2, 0.25) is 0 Å². The molecule has 0 aliphatic carbocycles. The molecular weight excluding hydrogens is 298 g/mol. The van der Waals surface area contributed by atoms with Gasteiger partial charge in [-0.1, -0.05) is 29.5 Å². The minimum absolute atomic E-state index is 0.106. The van der Waals surface area contributed by atoms with Gasteiger partial charge in [-0.3, -0.25) is 0 Å². The highest BCUT2D eigenvalue weighted by Crippen LogP contribution is 2.24. The van der Waals surface area contributed by atoms with E-state index in [0.717, 1.165) is 0 Å². The fourth-order valence-corrected chi connectivity index (χ4v) is 1.90. The van der Waals surface area contributed by atoms with Gasteiger partial charge >= 0.3 is 0 Å². The standard InChI is InChI=1S/C16H11ClF2O2/c17-14-4-1-5-15(19)13(14)10-21-16-7-6-12(18)9-11(16)3-2-8-20/h1,4-7,9,20H,8,10H2. The van der Waals surface area contributed by atoms with Crippen LogP contribution in [0.3, 0.4) is 0 Å². The van der Waals surface area contributed by atoms with Crippen molar-refractivity contribution in [3.05, 3.63) is 64.2 Å². The van der Waals surface area contributed by atoms with Crippen molar-refractivity contribution in [1.29, 1.82) is 0 Å². The van der Waals surface area contributed by atoms with Crippen molar-refractivity contribution in [3.8, 4) is 17.6 Å². The molecule has 0 amide bonds. The van der Waals surface area contributed by atoms with E-state index in [0.29, 0.717) is 0 Å². The Bertz CT molecular complexity index is 685. The normalized spacial score (nSPS) is 9.90. The monoisotopic (exact) mass is 308 g/mol. The van der Waals surface area contributed by atoms with Gasteiger partial charge in [0.25, 0.3) is 0 Å². The van der Waals surface area contributed by atoms with Gasteiger partial charge in [-0.2, -0.15) is 0 Å². The zero-order valence-corrected chi connectivity index (χ0v) is 11.6. The minimum atomic E-state index is -0.479. The molecule has 21 heavy (non-hydrogen) atoms. The molecule has 1 N–H and O–H groups in total. The van der Waals surface area contributed by atoms with Crippen molar-refractivity contribution >= 4 is 11.6 Å². The molecule has 0 aliphatic rings. The summed E-state index contributed by atoms with van der Waals surface area (Å²) < 4.78 is 32.3. The summed E-state index contributed by atoms with van der Waals surface area (Å²) >= 11 is 5.90. The number of hydrogen-bond donors (Lipinski definition) is 1. The topological polar surface area (TPSA) is 29.5 Å². The summed E-state index contributed by atoms with van der Waals surface area (Å²) in [5.41, 5.74) is 0.487. The van der Waals surface area contributed by atoms with Crippen molar-refractivity contribution in [2.45, 2.75) is 6.61 Å². The molecule has 0 unspecified atom stereocenters. The van der Waals surface area contributed by atoms with Crippen LogP contribution in [0.5, 0.6) is 5.75 Å². The quantitative estimate of drug-likeness (QED) is 0.879. The number of aliphatic hydroxyl groups is 1. The average Bonchev–Trinajstić information content (AvgIpc) is 2.46. The van der Waals surface area contributed by atoms with E-state index in [2.05, 4.69) is 11.8 Å². The second-order valence-electron chi connectivity index (χ2n) is 4.09. The third-order valence-corrected chi connectivity index (χ3v) is 3.03. The molecule has 108 valence electrons. The molecule has 0 aliphatic heterocycles. The van der Waals surface area contributed by atoms with Gasteiger partial charge in [0.15, 0.2) is 0 Å². The molecule has 0 radical (unpaired) electrons. The van der Waals surface area contributed by atoms with Crippen LogP contribution < -0.4 is 4.74 Å². The van der Waals surface area contributed by atoms with Crippen LogP contribution in [0.15, 0.2) is 36.4 Å². The van der Waals surface area contributed by atoms with Crippen molar-refractivity contribution in [2.24, 2.45) is 0 Å². The predicted molar refractivity (Wildman–Crippen MR) is 76.1 cm³/mol. The van der Waals surface area contributed by atoms with E-state index in [1.807, 2.05) is 0 Å². The fourth-order valence-electron chi connectivity index (χ4n) is 1.68. The Morgan fingerprint density at radius 3 is 2.71 bits per heavy atom. The van der Waals surface area contributed by atoms with E-state index in [1.165, 1.54) is 30.3 Å². The summed E-state index contributed by atoms with van der Waals surface area (Å²) in [5.74, 6) is 4.32. The third kappa shape index (κ3) is 3.94. The van der Waals surface area contributed by atoms with Crippen LogP contribution in [0.25, 0.3) is 0 Å². The SMILES string of the molecule is OCC#Cc1cc(F)ccc1OCc1c(F)cccc1Cl. The molecule has 0 saturated carbocycles. The van der Waals surface area contributed by atoms with Crippen LogP contribution in [-0.4, -0.2) is 11.7 Å². The van der Waals surface area contributed by atoms with Gasteiger partial charge in [0, 0.05) is 5.56 Å². The maximum Gasteiger partial charge on any atom is 0.135 e. The average molecular weight is 309 g/mol. The highest BCUT2D eigenvalue weighted by Gasteiger charge is 2.09.